The predicted molar refractivity (Wildman–Crippen MR) is 83.7 cm³/mol. The van der Waals surface area contributed by atoms with Crippen molar-refractivity contribution in [2.45, 2.75) is 64.1 Å². The Morgan fingerprint density at radius 1 is 1.23 bits per heavy atom. The average molecular weight is 307 g/mol. The van der Waals surface area contributed by atoms with E-state index in [0.717, 1.165) is 25.7 Å². The third-order valence-corrected chi connectivity index (χ3v) is 3.59. The van der Waals surface area contributed by atoms with Crippen LogP contribution in [0.1, 0.15) is 56.8 Å². The van der Waals surface area contributed by atoms with Crippen LogP contribution in [0.3, 0.4) is 0 Å². The fourth-order valence-corrected chi connectivity index (χ4v) is 2.66. The van der Waals surface area contributed by atoms with E-state index in [1.807, 2.05) is 20.8 Å². The first-order valence-corrected chi connectivity index (χ1v) is 7.76. The number of H-pyrrole nitrogens is 1. The molecule has 1 heterocycles. The highest BCUT2D eigenvalue weighted by molar-refractivity contribution is 5.94. The van der Waals surface area contributed by atoms with Crippen LogP contribution in [-0.2, 0) is 4.74 Å². The van der Waals surface area contributed by atoms with Crippen LogP contribution >= 0.6 is 0 Å². The molecule has 0 saturated heterocycles. The Morgan fingerprint density at radius 2 is 1.91 bits per heavy atom. The number of alkyl carbamates (subject to hydrolysis) is 1. The highest BCUT2D eigenvalue weighted by Gasteiger charge is 2.26. The number of amides is 2. The summed E-state index contributed by atoms with van der Waals surface area (Å²) in [7, 11) is 0. The number of aromatic amines is 1. The molecule has 0 radical (unpaired) electrons. The van der Waals surface area contributed by atoms with Gasteiger partial charge >= 0.3 is 6.09 Å². The summed E-state index contributed by atoms with van der Waals surface area (Å²) in [5, 5.41) is 5.92. The second-order valence-corrected chi connectivity index (χ2v) is 6.78. The molecule has 1 saturated carbocycles. The Bertz CT molecular complexity index is 505. The van der Waals surface area contributed by atoms with Gasteiger partial charge < -0.3 is 20.4 Å². The van der Waals surface area contributed by atoms with Crippen LogP contribution in [0.5, 0.6) is 0 Å². The number of hydrogen-bond donors (Lipinski definition) is 3. The van der Waals surface area contributed by atoms with Gasteiger partial charge in [0, 0.05) is 24.5 Å². The Hall–Kier alpha value is -1.98. The molecule has 3 N–H and O–H groups in total. The zero-order valence-electron chi connectivity index (χ0n) is 13.4. The van der Waals surface area contributed by atoms with Gasteiger partial charge in [-0.25, -0.2) is 4.79 Å². The minimum absolute atomic E-state index is 0.0418. The lowest BCUT2D eigenvalue weighted by Gasteiger charge is -2.31. The standard InChI is InChI=1S/C16H25N3O3/c1-16(2,3)22-15(21)19-13-6-4-5-12(9-13)18-14(20)11-7-8-17-10-11/h7-8,10,12-13,17H,4-6,9H2,1-3H3,(H,18,20)(H,19,21). The van der Waals surface area contributed by atoms with Crippen molar-refractivity contribution in [3.63, 3.8) is 0 Å². The van der Waals surface area contributed by atoms with E-state index in [-0.39, 0.29) is 18.0 Å². The molecule has 1 fully saturated rings. The van der Waals surface area contributed by atoms with Crippen LogP contribution in [0, 0.1) is 0 Å². The zero-order valence-corrected chi connectivity index (χ0v) is 13.4. The van der Waals surface area contributed by atoms with Crippen molar-refractivity contribution >= 4 is 12.0 Å². The van der Waals surface area contributed by atoms with Crippen LogP contribution in [0.25, 0.3) is 0 Å². The largest absolute Gasteiger partial charge is 0.444 e. The molecule has 2 rings (SSSR count). The van der Waals surface area contributed by atoms with Crippen molar-refractivity contribution in [3.05, 3.63) is 24.0 Å². The van der Waals surface area contributed by atoms with Crippen LogP contribution in [0.4, 0.5) is 4.79 Å². The molecule has 1 aromatic heterocycles. The lowest BCUT2D eigenvalue weighted by atomic mass is 9.91. The first kappa shape index (κ1) is 16.4. The van der Waals surface area contributed by atoms with Gasteiger partial charge in [-0.2, -0.15) is 0 Å². The van der Waals surface area contributed by atoms with E-state index in [9.17, 15) is 9.59 Å². The molecule has 0 spiro atoms. The number of carbonyl (C=O) groups is 2. The summed E-state index contributed by atoms with van der Waals surface area (Å²) in [6.45, 7) is 5.52. The zero-order chi connectivity index (χ0) is 16.2. The molecule has 22 heavy (non-hydrogen) atoms. The molecule has 1 aliphatic rings. The number of ether oxygens (including phenoxy) is 1. The smallest absolute Gasteiger partial charge is 0.407 e. The Balaban J connectivity index is 1.81. The van der Waals surface area contributed by atoms with Crippen molar-refractivity contribution in [2.75, 3.05) is 0 Å². The maximum Gasteiger partial charge on any atom is 0.407 e. The molecule has 0 aromatic carbocycles. The van der Waals surface area contributed by atoms with Gasteiger partial charge in [-0.15, -0.1) is 0 Å². The van der Waals surface area contributed by atoms with Crippen LogP contribution < -0.4 is 10.6 Å². The molecule has 0 bridgehead atoms. The van der Waals surface area contributed by atoms with E-state index < -0.39 is 11.7 Å². The third-order valence-electron chi connectivity index (χ3n) is 3.59. The molecule has 6 nitrogen and oxygen atoms in total. The van der Waals surface area contributed by atoms with Crippen molar-refractivity contribution in [1.82, 2.24) is 15.6 Å². The topological polar surface area (TPSA) is 83.2 Å². The number of rotatable bonds is 3. The van der Waals surface area contributed by atoms with E-state index in [2.05, 4.69) is 15.6 Å². The maximum absolute atomic E-state index is 12.0. The molecule has 2 amide bonds. The fraction of sp³-hybridized carbons (Fsp3) is 0.625. The monoisotopic (exact) mass is 307 g/mol. The van der Waals surface area contributed by atoms with Crippen molar-refractivity contribution < 1.29 is 14.3 Å². The van der Waals surface area contributed by atoms with E-state index in [1.165, 1.54) is 0 Å². The molecule has 2 atom stereocenters. The summed E-state index contributed by atoms with van der Waals surface area (Å²) in [5.74, 6) is -0.0795. The fourth-order valence-electron chi connectivity index (χ4n) is 2.66. The van der Waals surface area contributed by atoms with Gasteiger partial charge in [0.1, 0.15) is 5.60 Å². The summed E-state index contributed by atoms with van der Waals surface area (Å²) in [6, 6.07) is 1.87. The normalized spacial score (nSPS) is 22.0. The van der Waals surface area contributed by atoms with Gasteiger partial charge in [-0.1, -0.05) is 0 Å². The quantitative estimate of drug-likeness (QED) is 0.802. The minimum Gasteiger partial charge on any atom is -0.444 e. The summed E-state index contributed by atoms with van der Waals surface area (Å²) in [6.07, 6.45) is 6.55. The summed E-state index contributed by atoms with van der Waals surface area (Å²) < 4.78 is 5.27. The Morgan fingerprint density at radius 3 is 2.50 bits per heavy atom. The first-order valence-electron chi connectivity index (χ1n) is 7.76. The summed E-state index contributed by atoms with van der Waals surface area (Å²) >= 11 is 0. The molecule has 6 heteroatoms. The molecule has 1 aliphatic carbocycles. The third kappa shape index (κ3) is 5.09. The van der Waals surface area contributed by atoms with Gasteiger partial charge in [-0.3, -0.25) is 4.79 Å². The van der Waals surface area contributed by atoms with E-state index in [4.69, 9.17) is 4.74 Å². The van der Waals surface area contributed by atoms with Gasteiger partial charge in [0.2, 0.25) is 0 Å². The van der Waals surface area contributed by atoms with E-state index in [1.54, 1.807) is 18.5 Å². The lowest BCUT2D eigenvalue weighted by Crippen LogP contribution is -2.46. The van der Waals surface area contributed by atoms with Crippen molar-refractivity contribution in [3.8, 4) is 0 Å². The highest BCUT2D eigenvalue weighted by Crippen LogP contribution is 2.19. The molecular formula is C16H25N3O3. The number of nitrogens with one attached hydrogen (secondary N) is 3. The van der Waals surface area contributed by atoms with Gasteiger partial charge in [0.25, 0.3) is 5.91 Å². The number of carbonyl (C=O) groups excluding carboxylic acids is 2. The van der Waals surface area contributed by atoms with Gasteiger partial charge in [-0.05, 0) is 52.5 Å². The van der Waals surface area contributed by atoms with Gasteiger partial charge in [0.05, 0.1) is 5.56 Å². The van der Waals surface area contributed by atoms with Crippen molar-refractivity contribution in [1.29, 1.82) is 0 Å². The molecular weight excluding hydrogens is 282 g/mol. The van der Waals surface area contributed by atoms with Crippen LogP contribution in [0.15, 0.2) is 18.5 Å². The van der Waals surface area contributed by atoms with Gasteiger partial charge in [0.15, 0.2) is 0 Å². The van der Waals surface area contributed by atoms with E-state index >= 15 is 0 Å². The summed E-state index contributed by atoms with van der Waals surface area (Å²) in [5.41, 5.74) is 0.128. The average Bonchev–Trinajstić information content (AvgIpc) is 2.90. The second kappa shape index (κ2) is 6.85. The number of aromatic nitrogens is 1. The minimum atomic E-state index is -0.499. The first-order chi connectivity index (χ1) is 10.3. The highest BCUT2D eigenvalue weighted by atomic mass is 16.6. The molecule has 1 aromatic rings. The Kier molecular flexibility index (Phi) is 5.11. The van der Waals surface area contributed by atoms with E-state index in [0.29, 0.717) is 5.56 Å². The SMILES string of the molecule is CC(C)(C)OC(=O)NC1CCCC(NC(=O)c2cc[nH]c2)C1. The molecule has 2 unspecified atom stereocenters. The number of hydrogen-bond acceptors (Lipinski definition) is 3. The van der Waals surface area contributed by atoms with Crippen LogP contribution in [-0.4, -0.2) is 34.7 Å². The van der Waals surface area contributed by atoms with Crippen molar-refractivity contribution in [2.24, 2.45) is 0 Å². The van der Waals surface area contributed by atoms with Crippen LogP contribution in [0.2, 0.25) is 0 Å². The molecule has 0 aliphatic heterocycles. The summed E-state index contributed by atoms with van der Waals surface area (Å²) in [4.78, 5) is 26.7. The predicted octanol–water partition coefficient (Wildman–Crippen LogP) is 2.58. The lowest BCUT2D eigenvalue weighted by molar-refractivity contribution is 0.0489. The second-order valence-electron chi connectivity index (χ2n) is 6.78. The Labute approximate surface area is 131 Å². The molecule has 122 valence electrons. The maximum atomic E-state index is 12.0.